The van der Waals surface area contributed by atoms with Crippen molar-refractivity contribution in [2.24, 2.45) is 13.0 Å². The number of carbonyl (C=O) groups excluding carboxylic acids is 1. The van der Waals surface area contributed by atoms with E-state index in [1.165, 1.54) is 0 Å². The zero-order chi connectivity index (χ0) is 12.1. The predicted octanol–water partition coefficient (Wildman–Crippen LogP) is 0.894. The summed E-state index contributed by atoms with van der Waals surface area (Å²) in [4.78, 5) is 11.5. The van der Waals surface area contributed by atoms with E-state index in [4.69, 9.17) is 5.26 Å². The molecule has 1 atom stereocenters. The van der Waals surface area contributed by atoms with E-state index in [9.17, 15) is 4.79 Å². The normalized spacial score (nSPS) is 11.9. The second kappa shape index (κ2) is 5.31. The predicted molar refractivity (Wildman–Crippen MR) is 59.2 cm³/mol. The molecule has 0 spiro atoms. The second-order valence-electron chi connectivity index (χ2n) is 3.69. The molecule has 1 aromatic heterocycles. The molecule has 0 aliphatic carbocycles. The van der Waals surface area contributed by atoms with E-state index in [1.807, 2.05) is 27.0 Å². The van der Waals surface area contributed by atoms with Gasteiger partial charge in [0, 0.05) is 24.8 Å². The number of aromatic nitrogens is 2. The van der Waals surface area contributed by atoms with Crippen LogP contribution in [0, 0.1) is 24.2 Å². The Bertz CT molecular complexity index is 416. The van der Waals surface area contributed by atoms with Crippen LogP contribution >= 0.6 is 0 Å². The Morgan fingerprint density at radius 2 is 2.44 bits per heavy atom. The van der Waals surface area contributed by atoms with E-state index in [1.54, 1.807) is 10.9 Å². The van der Waals surface area contributed by atoms with Crippen LogP contribution in [0.3, 0.4) is 0 Å². The summed E-state index contributed by atoms with van der Waals surface area (Å²) in [6.07, 6.45) is 2.26. The van der Waals surface area contributed by atoms with Crippen molar-refractivity contribution >= 4 is 5.91 Å². The summed E-state index contributed by atoms with van der Waals surface area (Å²) in [5, 5.41) is 15.5. The lowest BCUT2D eigenvalue weighted by molar-refractivity contribution is -0.123. The third-order valence-electron chi connectivity index (χ3n) is 2.67. The van der Waals surface area contributed by atoms with E-state index in [2.05, 4.69) is 10.4 Å². The van der Waals surface area contributed by atoms with Crippen LogP contribution in [0.2, 0.25) is 0 Å². The van der Waals surface area contributed by atoms with Gasteiger partial charge in [0.2, 0.25) is 5.91 Å². The maximum absolute atomic E-state index is 11.5. The third kappa shape index (κ3) is 2.60. The van der Waals surface area contributed by atoms with Crippen molar-refractivity contribution in [2.75, 3.05) is 0 Å². The van der Waals surface area contributed by atoms with Crippen molar-refractivity contribution in [1.82, 2.24) is 15.1 Å². The topological polar surface area (TPSA) is 70.7 Å². The molecular weight excluding hydrogens is 204 g/mol. The molecule has 0 fully saturated rings. The molecule has 5 nitrogen and oxygen atoms in total. The summed E-state index contributed by atoms with van der Waals surface area (Å²) in [7, 11) is 1.85. The molecule has 0 bridgehead atoms. The Hall–Kier alpha value is -1.83. The molecule has 5 heteroatoms. The van der Waals surface area contributed by atoms with Gasteiger partial charge in [-0.2, -0.15) is 10.4 Å². The van der Waals surface area contributed by atoms with Crippen LogP contribution in [0.5, 0.6) is 0 Å². The van der Waals surface area contributed by atoms with Crippen LogP contribution in [0.15, 0.2) is 6.20 Å². The maximum atomic E-state index is 11.5. The molecule has 0 aliphatic heterocycles. The third-order valence-corrected chi connectivity index (χ3v) is 2.67. The minimum atomic E-state index is -0.558. The molecule has 86 valence electrons. The zero-order valence-corrected chi connectivity index (χ0v) is 9.82. The molecule has 0 saturated heterocycles. The van der Waals surface area contributed by atoms with Crippen molar-refractivity contribution in [3.05, 3.63) is 17.5 Å². The molecule has 0 radical (unpaired) electrons. The number of amides is 1. The first-order valence-electron chi connectivity index (χ1n) is 5.25. The largest absolute Gasteiger partial charge is 0.351 e. The number of nitriles is 1. The first-order valence-corrected chi connectivity index (χ1v) is 5.25. The number of aryl methyl sites for hydroxylation is 1. The first-order chi connectivity index (χ1) is 7.60. The molecule has 1 heterocycles. The lowest BCUT2D eigenvalue weighted by Gasteiger charge is -2.07. The van der Waals surface area contributed by atoms with Crippen LogP contribution in [0.1, 0.15) is 24.6 Å². The molecule has 0 saturated carbocycles. The van der Waals surface area contributed by atoms with Gasteiger partial charge in [-0.3, -0.25) is 9.48 Å². The smallest absolute Gasteiger partial charge is 0.237 e. The molecule has 1 N–H and O–H groups in total. The molecule has 1 amide bonds. The van der Waals surface area contributed by atoms with Crippen LogP contribution in [0.25, 0.3) is 0 Å². The van der Waals surface area contributed by atoms with Crippen LogP contribution in [-0.4, -0.2) is 15.7 Å². The van der Waals surface area contributed by atoms with E-state index >= 15 is 0 Å². The Morgan fingerprint density at radius 3 is 2.88 bits per heavy atom. The highest BCUT2D eigenvalue weighted by molar-refractivity contribution is 5.80. The SMILES string of the molecule is CCC(C#N)C(=O)NCc1cnn(C)c1C. The van der Waals surface area contributed by atoms with Gasteiger partial charge in [0.1, 0.15) is 5.92 Å². The molecule has 1 rings (SSSR count). The quantitative estimate of drug-likeness (QED) is 0.819. The molecular formula is C11H16N4O. The van der Waals surface area contributed by atoms with Gasteiger partial charge in [-0.15, -0.1) is 0 Å². The lowest BCUT2D eigenvalue weighted by atomic mass is 10.1. The standard InChI is InChI=1S/C11H16N4O/c1-4-9(5-12)11(16)13-6-10-7-14-15(3)8(10)2/h7,9H,4,6H2,1-3H3,(H,13,16). The number of hydrogen-bond acceptors (Lipinski definition) is 3. The molecule has 1 unspecified atom stereocenters. The molecule has 16 heavy (non-hydrogen) atoms. The Labute approximate surface area is 95.1 Å². The van der Waals surface area contributed by atoms with Gasteiger partial charge in [-0.25, -0.2) is 0 Å². The van der Waals surface area contributed by atoms with Crippen LogP contribution in [0.4, 0.5) is 0 Å². The summed E-state index contributed by atoms with van der Waals surface area (Å²) in [6, 6.07) is 1.97. The van der Waals surface area contributed by atoms with E-state index < -0.39 is 5.92 Å². The van der Waals surface area contributed by atoms with Gasteiger partial charge < -0.3 is 5.32 Å². The monoisotopic (exact) mass is 220 g/mol. The highest BCUT2D eigenvalue weighted by Crippen LogP contribution is 2.06. The average Bonchev–Trinajstić information content (AvgIpc) is 2.59. The highest BCUT2D eigenvalue weighted by atomic mass is 16.1. The summed E-state index contributed by atoms with van der Waals surface area (Å²) in [5.41, 5.74) is 1.99. The number of hydrogen-bond donors (Lipinski definition) is 1. The van der Waals surface area contributed by atoms with Crippen molar-refractivity contribution in [3.63, 3.8) is 0 Å². The first kappa shape index (κ1) is 12.2. The Balaban J connectivity index is 2.56. The van der Waals surface area contributed by atoms with Crippen molar-refractivity contribution in [3.8, 4) is 6.07 Å². The second-order valence-corrected chi connectivity index (χ2v) is 3.69. The molecule has 1 aromatic rings. The van der Waals surface area contributed by atoms with Crippen molar-refractivity contribution in [1.29, 1.82) is 5.26 Å². The molecule has 0 aromatic carbocycles. The Morgan fingerprint density at radius 1 is 1.75 bits per heavy atom. The lowest BCUT2D eigenvalue weighted by Crippen LogP contribution is -2.29. The zero-order valence-electron chi connectivity index (χ0n) is 9.82. The summed E-state index contributed by atoms with van der Waals surface area (Å²) >= 11 is 0. The summed E-state index contributed by atoms with van der Waals surface area (Å²) < 4.78 is 1.75. The number of rotatable bonds is 4. The fourth-order valence-corrected chi connectivity index (χ4v) is 1.36. The van der Waals surface area contributed by atoms with Crippen LogP contribution < -0.4 is 5.32 Å². The van der Waals surface area contributed by atoms with Gasteiger partial charge in [0.25, 0.3) is 0 Å². The van der Waals surface area contributed by atoms with Gasteiger partial charge >= 0.3 is 0 Å². The fourth-order valence-electron chi connectivity index (χ4n) is 1.36. The van der Waals surface area contributed by atoms with Crippen molar-refractivity contribution in [2.45, 2.75) is 26.8 Å². The molecule has 0 aliphatic rings. The van der Waals surface area contributed by atoms with Crippen molar-refractivity contribution < 1.29 is 4.79 Å². The number of nitrogens with zero attached hydrogens (tertiary/aromatic N) is 3. The summed E-state index contributed by atoms with van der Waals surface area (Å²) in [6.45, 7) is 4.19. The fraction of sp³-hybridized carbons (Fsp3) is 0.545. The minimum absolute atomic E-state index is 0.215. The van der Waals surface area contributed by atoms with Gasteiger partial charge in [-0.05, 0) is 13.3 Å². The average molecular weight is 220 g/mol. The van der Waals surface area contributed by atoms with E-state index in [0.717, 1.165) is 11.3 Å². The minimum Gasteiger partial charge on any atom is -0.351 e. The Kier molecular flexibility index (Phi) is 4.06. The maximum Gasteiger partial charge on any atom is 0.237 e. The van der Waals surface area contributed by atoms with E-state index in [-0.39, 0.29) is 5.91 Å². The number of nitrogens with one attached hydrogen (secondary N) is 1. The van der Waals surface area contributed by atoms with Gasteiger partial charge in [-0.1, -0.05) is 6.92 Å². The highest BCUT2D eigenvalue weighted by Gasteiger charge is 2.15. The van der Waals surface area contributed by atoms with Gasteiger partial charge in [0.05, 0.1) is 12.3 Å². The number of carbonyl (C=O) groups is 1. The summed E-state index contributed by atoms with van der Waals surface area (Å²) in [5.74, 6) is -0.773. The van der Waals surface area contributed by atoms with E-state index in [0.29, 0.717) is 13.0 Å². The van der Waals surface area contributed by atoms with Crippen LogP contribution in [-0.2, 0) is 18.4 Å². The van der Waals surface area contributed by atoms with Gasteiger partial charge in [0.15, 0.2) is 0 Å².